The number of hydrogen-bond acceptors (Lipinski definition) is 9. The highest BCUT2D eigenvalue weighted by atomic mass is 16.4. The number of rotatable bonds is 13. The van der Waals surface area contributed by atoms with E-state index in [2.05, 4.69) is 11.9 Å². The fraction of sp³-hybridized carbons (Fsp3) is 0.400. The third-order valence-electron chi connectivity index (χ3n) is 2.84. The Hall–Kier alpha value is -4.08. The van der Waals surface area contributed by atoms with Gasteiger partial charge in [-0.25, -0.2) is 28.8 Å². The summed E-state index contributed by atoms with van der Waals surface area (Å²) in [6.45, 7) is 3.87. The van der Waals surface area contributed by atoms with Gasteiger partial charge in [0.1, 0.15) is 0 Å². The Morgan fingerprint density at radius 1 is 0.514 bits per heavy atom. The van der Waals surface area contributed by atoms with Crippen LogP contribution in [0.1, 0.15) is 19.3 Å². The minimum Gasteiger partial charge on any atom is -0.478 e. The molecule has 15 nitrogen and oxygen atoms in total. The van der Waals surface area contributed by atoms with Crippen molar-refractivity contribution in [1.29, 1.82) is 0 Å². The van der Waals surface area contributed by atoms with Gasteiger partial charge in [-0.1, -0.05) is 0 Å². The smallest absolute Gasteiger partial charge is 0.328 e. The molecule has 0 aromatic heterocycles. The fourth-order valence-electron chi connectivity index (χ4n) is 1.43. The van der Waals surface area contributed by atoms with Crippen LogP contribution >= 0.6 is 0 Å². The van der Waals surface area contributed by atoms with Crippen molar-refractivity contribution in [2.24, 2.45) is 11.5 Å². The quantitative estimate of drug-likeness (QED) is 0.111. The first kappa shape index (κ1) is 38.2. The van der Waals surface area contributed by atoms with Crippen LogP contribution in [0.25, 0.3) is 0 Å². The molecule has 200 valence electrons. The molecular weight excluding hydrogens is 474 g/mol. The molecule has 0 aromatic rings. The molecule has 0 saturated heterocycles. The highest BCUT2D eigenvalue weighted by Gasteiger charge is 1.95. The first-order chi connectivity index (χ1) is 16.2. The van der Waals surface area contributed by atoms with Crippen LogP contribution in [0.4, 0.5) is 0 Å². The zero-order valence-electron chi connectivity index (χ0n) is 19.1. The second-order valence-corrected chi connectivity index (χ2v) is 5.97. The van der Waals surface area contributed by atoms with Crippen LogP contribution in [0.15, 0.2) is 36.5 Å². The minimum atomic E-state index is -1.26. The fourth-order valence-corrected chi connectivity index (χ4v) is 1.43. The number of carbonyl (C=O) groups is 6. The van der Waals surface area contributed by atoms with Gasteiger partial charge in [-0.15, -0.1) is 0 Å². The van der Waals surface area contributed by atoms with Gasteiger partial charge in [0.05, 0.1) is 0 Å². The van der Waals surface area contributed by atoms with Crippen LogP contribution in [0, 0.1) is 0 Å². The summed E-state index contributed by atoms with van der Waals surface area (Å²) in [6.07, 6.45) is 6.78. The lowest BCUT2D eigenvalue weighted by molar-refractivity contribution is -0.134. The van der Waals surface area contributed by atoms with Crippen molar-refractivity contribution >= 4 is 35.8 Å². The summed E-state index contributed by atoms with van der Waals surface area (Å²) in [5.74, 6) is -7.54. The molecule has 35 heavy (non-hydrogen) atoms. The lowest BCUT2D eigenvalue weighted by Gasteiger charge is -2.15. The van der Waals surface area contributed by atoms with E-state index in [4.69, 9.17) is 42.1 Å². The van der Waals surface area contributed by atoms with Crippen LogP contribution in [0.3, 0.4) is 0 Å². The number of nitrogens with zero attached hydrogens (tertiary/aromatic N) is 1. The molecule has 0 spiro atoms. The molecule has 0 radical (unpaired) electrons. The predicted molar refractivity (Wildman–Crippen MR) is 123 cm³/mol. The number of nitrogens with two attached hydrogens (primary N) is 2. The monoisotopic (exact) mass is 507 g/mol. The Labute approximate surface area is 201 Å². The molecule has 0 atom stereocenters. The van der Waals surface area contributed by atoms with E-state index in [0.29, 0.717) is 36.5 Å². The Balaban J connectivity index is -0.000000185. The molecule has 0 saturated carbocycles. The molecular formula is C20H33N3O12. The van der Waals surface area contributed by atoms with Crippen molar-refractivity contribution < 1.29 is 59.4 Å². The molecule has 0 amide bonds. The maximum atomic E-state index is 9.55. The minimum absolute atomic E-state index is 0.558. The number of hydrogen-bond donors (Lipinski definition) is 8. The van der Waals surface area contributed by atoms with E-state index in [1.165, 1.54) is 6.42 Å². The average Bonchev–Trinajstić information content (AvgIpc) is 2.75. The standard InChI is InChI=1S/C8H21N3.3C4H4O4/c1-11(8-4-6-10)7-3-2-5-9;3*5-3(6)1-2-4(7)8/h2-10H2,1H3;3*1-2H,(H,5,6)(H,7,8)/b;3*2-1-. The van der Waals surface area contributed by atoms with E-state index in [9.17, 15) is 28.8 Å². The van der Waals surface area contributed by atoms with Crippen LogP contribution in [-0.2, 0) is 28.8 Å². The molecule has 0 unspecified atom stereocenters. The topological polar surface area (TPSA) is 279 Å². The number of carboxylic acids is 6. The Morgan fingerprint density at radius 2 is 0.743 bits per heavy atom. The maximum absolute atomic E-state index is 9.55. The normalized spacial score (nSPS) is 9.94. The second kappa shape index (κ2) is 28.0. The Morgan fingerprint density at radius 3 is 0.943 bits per heavy atom. The molecule has 0 aliphatic rings. The van der Waals surface area contributed by atoms with Gasteiger partial charge in [-0.2, -0.15) is 0 Å². The summed E-state index contributed by atoms with van der Waals surface area (Å²) >= 11 is 0. The van der Waals surface area contributed by atoms with Gasteiger partial charge in [0.25, 0.3) is 0 Å². The van der Waals surface area contributed by atoms with Crippen molar-refractivity contribution in [3.8, 4) is 0 Å². The van der Waals surface area contributed by atoms with Crippen LogP contribution in [-0.4, -0.2) is 105 Å². The number of carboxylic acid groups (broad SMARTS) is 6. The SMILES string of the molecule is CN(CCCN)CCCCN.O=C(O)/C=C\C(=O)O.O=C(O)/C=C\C(=O)O.O=C(O)/C=C\C(=O)O. The second-order valence-electron chi connectivity index (χ2n) is 5.97. The molecule has 0 aromatic carbocycles. The van der Waals surface area contributed by atoms with Crippen molar-refractivity contribution in [2.75, 3.05) is 33.2 Å². The van der Waals surface area contributed by atoms with Gasteiger partial charge in [-0.3, -0.25) is 0 Å². The van der Waals surface area contributed by atoms with E-state index in [0.717, 1.165) is 39.0 Å². The molecule has 15 heteroatoms. The highest BCUT2D eigenvalue weighted by Crippen LogP contribution is 1.91. The van der Waals surface area contributed by atoms with E-state index in [1.807, 2.05) is 0 Å². The zero-order chi connectivity index (χ0) is 28.2. The van der Waals surface area contributed by atoms with Gasteiger partial charge < -0.3 is 47.0 Å². The predicted octanol–water partition coefficient (Wildman–Crippen LogP) is -0.859. The van der Waals surface area contributed by atoms with Gasteiger partial charge in [-0.05, 0) is 52.5 Å². The van der Waals surface area contributed by atoms with E-state index < -0.39 is 35.8 Å². The van der Waals surface area contributed by atoms with E-state index >= 15 is 0 Å². The Bertz CT molecular complexity index is 604. The zero-order valence-corrected chi connectivity index (χ0v) is 19.1. The first-order valence-electron chi connectivity index (χ1n) is 9.69. The third kappa shape index (κ3) is 58.8. The summed E-state index contributed by atoms with van der Waals surface area (Å²) in [7, 11) is 2.13. The molecule has 0 rings (SSSR count). The van der Waals surface area contributed by atoms with Crippen molar-refractivity contribution in [3.63, 3.8) is 0 Å². The third-order valence-corrected chi connectivity index (χ3v) is 2.84. The summed E-state index contributed by atoms with van der Waals surface area (Å²) in [4.78, 5) is 59.6. The van der Waals surface area contributed by atoms with Crippen LogP contribution in [0.5, 0.6) is 0 Å². The van der Waals surface area contributed by atoms with Gasteiger partial charge in [0.15, 0.2) is 0 Å². The lowest BCUT2D eigenvalue weighted by atomic mass is 10.3. The summed E-state index contributed by atoms with van der Waals surface area (Å²) < 4.78 is 0. The van der Waals surface area contributed by atoms with Gasteiger partial charge in [0, 0.05) is 36.5 Å². The molecule has 0 heterocycles. The van der Waals surface area contributed by atoms with Gasteiger partial charge >= 0.3 is 35.8 Å². The molecule has 0 fully saturated rings. The average molecular weight is 507 g/mol. The van der Waals surface area contributed by atoms with Crippen molar-refractivity contribution in [2.45, 2.75) is 19.3 Å². The summed E-state index contributed by atoms with van der Waals surface area (Å²) in [5, 5.41) is 46.9. The highest BCUT2D eigenvalue weighted by molar-refractivity contribution is 5.90. The maximum Gasteiger partial charge on any atom is 0.328 e. The molecule has 0 bridgehead atoms. The summed E-state index contributed by atoms with van der Waals surface area (Å²) in [5.41, 5.74) is 10.8. The molecule has 10 N–H and O–H groups in total. The van der Waals surface area contributed by atoms with Crippen molar-refractivity contribution in [3.05, 3.63) is 36.5 Å². The van der Waals surface area contributed by atoms with Crippen molar-refractivity contribution in [1.82, 2.24) is 4.90 Å². The van der Waals surface area contributed by atoms with E-state index in [-0.39, 0.29) is 0 Å². The summed E-state index contributed by atoms with van der Waals surface area (Å²) in [6, 6.07) is 0. The molecule has 0 aliphatic heterocycles. The Kier molecular flexibility index (Phi) is 30.5. The van der Waals surface area contributed by atoms with Crippen LogP contribution < -0.4 is 11.5 Å². The van der Waals surface area contributed by atoms with E-state index in [1.54, 1.807) is 0 Å². The van der Waals surface area contributed by atoms with Crippen LogP contribution in [0.2, 0.25) is 0 Å². The first-order valence-corrected chi connectivity index (χ1v) is 9.69. The van der Waals surface area contributed by atoms with Gasteiger partial charge in [0.2, 0.25) is 0 Å². The molecule has 0 aliphatic carbocycles. The number of aliphatic carboxylic acids is 6. The lowest BCUT2D eigenvalue weighted by Crippen LogP contribution is -2.23. The largest absolute Gasteiger partial charge is 0.478 e. The number of unbranched alkanes of at least 4 members (excludes halogenated alkanes) is 1.